The number of methoxy groups -OCH3 is 3. The summed E-state index contributed by atoms with van der Waals surface area (Å²) in [5, 5.41) is 4.92. The van der Waals surface area contributed by atoms with Crippen molar-refractivity contribution in [2.24, 2.45) is 0 Å². The fraction of sp³-hybridized carbons (Fsp3) is 0.389. The van der Waals surface area contributed by atoms with Crippen LogP contribution in [0.2, 0.25) is 0 Å². The second kappa shape index (κ2) is 9.49. The summed E-state index contributed by atoms with van der Waals surface area (Å²) in [6.07, 6.45) is 0. The Bertz CT molecular complexity index is 803. The maximum absolute atomic E-state index is 12.6. The van der Waals surface area contributed by atoms with Crippen LogP contribution in [0.1, 0.15) is 17.3 Å². The van der Waals surface area contributed by atoms with Gasteiger partial charge in [0.25, 0.3) is 0 Å². The van der Waals surface area contributed by atoms with Gasteiger partial charge in [0.1, 0.15) is 12.2 Å². The minimum absolute atomic E-state index is 0.0305. The van der Waals surface area contributed by atoms with Crippen LogP contribution in [0.3, 0.4) is 0 Å². The Labute approximate surface area is 161 Å². The summed E-state index contributed by atoms with van der Waals surface area (Å²) in [4.78, 5) is 36.1. The number of nitrogens with one attached hydrogen (secondary N) is 2. The normalized spacial score (nSPS) is 13.2. The maximum atomic E-state index is 12.6. The number of esters is 2. The van der Waals surface area contributed by atoms with Crippen LogP contribution in [0, 0.1) is 0 Å². The van der Waals surface area contributed by atoms with E-state index in [1.165, 1.54) is 33.5 Å². The number of carbonyl (C=O) groups excluding carboxylic acids is 3. The molecule has 0 aliphatic carbocycles. The molecule has 1 aromatic carbocycles. The summed E-state index contributed by atoms with van der Waals surface area (Å²) in [7, 11) is 4.25. The van der Waals surface area contributed by atoms with Crippen LogP contribution in [-0.2, 0) is 14.3 Å². The Morgan fingerprint density at radius 2 is 1.71 bits per heavy atom. The third-order valence-electron chi connectivity index (χ3n) is 3.85. The smallest absolute Gasteiger partial charge is 0.342 e. The molecule has 28 heavy (non-hydrogen) atoms. The van der Waals surface area contributed by atoms with Crippen LogP contribution in [-0.4, -0.2) is 59.1 Å². The highest BCUT2D eigenvalue weighted by molar-refractivity contribution is 5.95. The monoisotopic (exact) mass is 394 g/mol. The lowest BCUT2D eigenvalue weighted by Gasteiger charge is -2.21. The fourth-order valence-electron chi connectivity index (χ4n) is 2.55. The van der Waals surface area contributed by atoms with E-state index in [9.17, 15) is 14.4 Å². The molecule has 2 N–H and O–H groups in total. The van der Waals surface area contributed by atoms with Gasteiger partial charge in [-0.25, -0.2) is 14.4 Å². The summed E-state index contributed by atoms with van der Waals surface area (Å²) in [5.41, 5.74) is 0.419. The summed E-state index contributed by atoms with van der Waals surface area (Å²) >= 11 is 0. The molecule has 10 heteroatoms. The van der Waals surface area contributed by atoms with Crippen molar-refractivity contribution < 1.29 is 38.1 Å². The van der Waals surface area contributed by atoms with Crippen molar-refractivity contribution in [3.8, 4) is 17.2 Å². The number of hydrogen-bond acceptors (Lipinski definition) is 8. The number of amides is 2. The van der Waals surface area contributed by atoms with E-state index in [4.69, 9.17) is 23.7 Å². The SMILES string of the molecule is CCOC(=O)C1=C(COC(=O)c2ccc(OC)c(OC)c2OC)NC(=O)NC1. The van der Waals surface area contributed by atoms with Crippen LogP contribution in [0.4, 0.5) is 4.79 Å². The summed E-state index contributed by atoms with van der Waals surface area (Å²) < 4.78 is 25.9. The molecule has 152 valence electrons. The largest absolute Gasteiger partial charge is 0.493 e. The Balaban J connectivity index is 2.25. The second-order valence-electron chi connectivity index (χ2n) is 5.44. The van der Waals surface area contributed by atoms with Gasteiger partial charge in [-0.1, -0.05) is 0 Å². The average Bonchev–Trinajstić information content (AvgIpc) is 2.70. The molecule has 0 unspecified atom stereocenters. The topological polar surface area (TPSA) is 121 Å². The Morgan fingerprint density at radius 3 is 2.32 bits per heavy atom. The van der Waals surface area contributed by atoms with Crippen LogP contribution in [0.5, 0.6) is 17.2 Å². The Morgan fingerprint density at radius 1 is 1.00 bits per heavy atom. The number of hydrogen-bond donors (Lipinski definition) is 2. The molecule has 2 rings (SSSR count). The van der Waals surface area contributed by atoms with Crippen molar-refractivity contribution in [2.75, 3.05) is 41.1 Å². The molecule has 0 radical (unpaired) electrons. The average molecular weight is 394 g/mol. The van der Waals surface area contributed by atoms with Crippen molar-refractivity contribution in [3.63, 3.8) is 0 Å². The van der Waals surface area contributed by atoms with Gasteiger partial charge in [0.05, 0.1) is 45.8 Å². The van der Waals surface area contributed by atoms with Crippen LogP contribution in [0.25, 0.3) is 0 Å². The van der Waals surface area contributed by atoms with E-state index in [1.807, 2.05) is 0 Å². The molecule has 0 aromatic heterocycles. The molecule has 1 aliphatic rings. The van der Waals surface area contributed by atoms with Gasteiger partial charge in [-0.05, 0) is 19.1 Å². The minimum Gasteiger partial charge on any atom is -0.493 e. The van der Waals surface area contributed by atoms with Crippen molar-refractivity contribution in [1.82, 2.24) is 10.6 Å². The quantitative estimate of drug-likeness (QED) is 0.627. The van der Waals surface area contributed by atoms with Crippen molar-refractivity contribution >= 4 is 18.0 Å². The zero-order valence-electron chi connectivity index (χ0n) is 16.0. The lowest BCUT2D eigenvalue weighted by Crippen LogP contribution is -2.45. The first-order chi connectivity index (χ1) is 13.5. The number of urea groups is 1. The van der Waals surface area contributed by atoms with Crippen molar-refractivity contribution in [2.45, 2.75) is 6.92 Å². The first kappa shape index (κ1) is 20.9. The number of benzene rings is 1. The van der Waals surface area contributed by atoms with E-state index in [-0.39, 0.29) is 48.1 Å². The number of carbonyl (C=O) groups is 3. The molecule has 0 saturated carbocycles. The van der Waals surface area contributed by atoms with Gasteiger partial charge in [0, 0.05) is 0 Å². The van der Waals surface area contributed by atoms with Crippen LogP contribution in [0.15, 0.2) is 23.4 Å². The molecule has 0 fully saturated rings. The number of rotatable bonds is 8. The van der Waals surface area contributed by atoms with Crippen LogP contribution >= 0.6 is 0 Å². The highest BCUT2D eigenvalue weighted by Crippen LogP contribution is 2.40. The summed E-state index contributed by atoms with van der Waals surface area (Å²) in [5.74, 6) is -0.582. The maximum Gasteiger partial charge on any atom is 0.342 e. The van der Waals surface area contributed by atoms with Gasteiger partial charge in [-0.2, -0.15) is 0 Å². The predicted octanol–water partition coefficient (Wildman–Crippen LogP) is 0.999. The van der Waals surface area contributed by atoms with E-state index < -0.39 is 18.0 Å². The summed E-state index contributed by atoms with van der Waals surface area (Å²) in [6, 6.07) is 2.49. The lowest BCUT2D eigenvalue weighted by molar-refractivity contribution is -0.138. The van der Waals surface area contributed by atoms with E-state index >= 15 is 0 Å². The molecule has 0 bridgehead atoms. The molecule has 0 spiro atoms. The number of ether oxygens (including phenoxy) is 5. The van der Waals surface area contributed by atoms with Gasteiger partial charge in [-0.15, -0.1) is 0 Å². The molecule has 1 aromatic rings. The van der Waals surface area contributed by atoms with Gasteiger partial charge in [-0.3, -0.25) is 0 Å². The molecule has 0 saturated heterocycles. The van der Waals surface area contributed by atoms with Gasteiger partial charge >= 0.3 is 18.0 Å². The van der Waals surface area contributed by atoms with Gasteiger partial charge in [0.15, 0.2) is 11.5 Å². The molecule has 10 nitrogen and oxygen atoms in total. The fourth-order valence-corrected chi connectivity index (χ4v) is 2.55. The Kier molecular flexibility index (Phi) is 7.08. The lowest BCUT2D eigenvalue weighted by atomic mass is 10.1. The summed E-state index contributed by atoms with van der Waals surface area (Å²) in [6.45, 7) is 1.47. The zero-order chi connectivity index (χ0) is 20.7. The van der Waals surface area contributed by atoms with Gasteiger partial charge < -0.3 is 34.3 Å². The highest BCUT2D eigenvalue weighted by atomic mass is 16.5. The standard InChI is InChI=1S/C18H22N2O8/c1-5-27-17(22)11-8-19-18(23)20-12(11)9-28-16(21)10-6-7-13(24-2)15(26-4)14(10)25-3/h6-7H,5,8-9H2,1-4H3,(H2,19,20,23). The molecule has 1 heterocycles. The molecular formula is C18H22N2O8. The molecular weight excluding hydrogens is 372 g/mol. The van der Waals surface area contributed by atoms with E-state index in [1.54, 1.807) is 6.92 Å². The highest BCUT2D eigenvalue weighted by Gasteiger charge is 2.26. The van der Waals surface area contributed by atoms with Gasteiger partial charge in [0.2, 0.25) is 5.75 Å². The predicted molar refractivity (Wildman–Crippen MR) is 96.6 cm³/mol. The van der Waals surface area contributed by atoms with Crippen molar-refractivity contribution in [3.05, 3.63) is 29.0 Å². The van der Waals surface area contributed by atoms with E-state index in [0.717, 1.165) is 0 Å². The minimum atomic E-state index is -0.735. The third-order valence-corrected chi connectivity index (χ3v) is 3.85. The first-order valence-corrected chi connectivity index (χ1v) is 8.36. The Hall–Kier alpha value is -3.43. The first-order valence-electron chi connectivity index (χ1n) is 8.36. The van der Waals surface area contributed by atoms with Crippen molar-refractivity contribution in [1.29, 1.82) is 0 Å². The van der Waals surface area contributed by atoms with Crippen LogP contribution < -0.4 is 24.8 Å². The van der Waals surface area contributed by atoms with E-state index in [2.05, 4.69) is 10.6 Å². The molecule has 1 aliphatic heterocycles. The zero-order valence-corrected chi connectivity index (χ0v) is 16.0. The third kappa shape index (κ3) is 4.45. The molecule has 2 amide bonds. The second-order valence-corrected chi connectivity index (χ2v) is 5.44. The molecule has 0 atom stereocenters. The van der Waals surface area contributed by atoms with E-state index in [0.29, 0.717) is 5.75 Å².